The Bertz CT molecular complexity index is 1160. The van der Waals surface area contributed by atoms with E-state index in [0.717, 1.165) is 16.7 Å². The minimum absolute atomic E-state index is 0.311. The van der Waals surface area contributed by atoms with Crippen molar-refractivity contribution in [2.45, 2.75) is 19.8 Å². The zero-order valence-electron chi connectivity index (χ0n) is 17.6. The topological polar surface area (TPSA) is 27.7 Å². The highest BCUT2D eigenvalue weighted by atomic mass is 35.5. The van der Waals surface area contributed by atoms with Crippen molar-refractivity contribution in [3.8, 4) is 17.2 Å². The summed E-state index contributed by atoms with van der Waals surface area (Å²) in [4.78, 5) is 0. The Morgan fingerprint density at radius 2 is 0.818 bits per heavy atom. The van der Waals surface area contributed by atoms with Crippen LogP contribution >= 0.6 is 34.8 Å². The molecule has 0 amide bonds. The van der Waals surface area contributed by atoms with E-state index in [0.29, 0.717) is 52.1 Å². The maximum atomic E-state index is 6.17. The van der Waals surface area contributed by atoms with Gasteiger partial charge >= 0.3 is 0 Å². The molecular weight excluding hydrogens is 479 g/mol. The average Bonchev–Trinajstić information content (AvgIpc) is 2.81. The number of hydrogen-bond acceptors (Lipinski definition) is 3. The molecule has 3 nitrogen and oxygen atoms in total. The molecule has 0 aliphatic heterocycles. The molecule has 4 rings (SSSR count). The van der Waals surface area contributed by atoms with E-state index >= 15 is 0 Å². The number of ether oxygens (including phenoxy) is 3. The molecule has 0 bridgehead atoms. The van der Waals surface area contributed by atoms with Gasteiger partial charge in [-0.15, -0.1) is 0 Å². The first-order chi connectivity index (χ1) is 16.1. The summed E-state index contributed by atoms with van der Waals surface area (Å²) >= 11 is 18.3. The molecule has 0 atom stereocenters. The summed E-state index contributed by atoms with van der Waals surface area (Å²) in [6.07, 6.45) is 0. The number of benzene rings is 4. The largest absolute Gasteiger partial charge is 0.485 e. The van der Waals surface area contributed by atoms with Crippen molar-refractivity contribution in [2.75, 3.05) is 0 Å². The Hall–Kier alpha value is -2.85. The summed E-state index contributed by atoms with van der Waals surface area (Å²) in [5, 5.41) is 1.97. The van der Waals surface area contributed by atoms with Crippen LogP contribution in [0.5, 0.6) is 17.2 Å². The van der Waals surface area contributed by atoms with E-state index in [1.807, 2.05) is 91.0 Å². The van der Waals surface area contributed by atoms with E-state index in [1.165, 1.54) is 0 Å². The van der Waals surface area contributed by atoms with Crippen molar-refractivity contribution in [3.05, 3.63) is 123 Å². The Morgan fingerprint density at radius 3 is 1.21 bits per heavy atom. The first-order valence-electron chi connectivity index (χ1n) is 10.3. The summed E-state index contributed by atoms with van der Waals surface area (Å²) in [5.74, 6) is 1.66. The molecule has 33 heavy (non-hydrogen) atoms. The fourth-order valence-corrected chi connectivity index (χ4v) is 3.86. The van der Waals surface area contributed by atoms with Crippen LogP contribution in [-0.4, -0.2) is 0 Å². The van der Waals surface area contributed by atoms with Gasteiger partial charge in [0.15, 0.2) is 11.5 Å². The van der Waals surface area contributed by atoms with Crippen LogP contribution in [0, 0.1) is 0 Å². The van der Waals surface area contributed by atoms with E-state index in [-0.39, 0.29) is 0 Å². The smallest absolute Gasteiger partial charge is 0.203 e. The Balaban J connectivity index is 1.56. The molecule has 168 valence electrons. The second-order valence-corrected chi connectivity index (χ2v) is 8.65. The SMILES string of the molecule is Clc1cccc(COc2cccc(OCc3cccc(Cl)c3)c2OCc2cccc(Cl)c2)c1. The van der Waals surface area contributed by atoms with Gasteiger partial charge in [0.25, 0.3) is 0 Å². The third kappa shape index (κ3) is 6.82. The summed E-state index contributed by atoms with van der Waals surface area (Å²) in [5.41, 5.74) is 2.84. The maximum absolute atomic E-state index is 6.17. The standard InChI is InChI=1S/C27H21Cl3O3/c28-22-8-1-5-19(13-22)16-31-25-11-4-12-26(32-17-20-6-2-9-23(29)14-20)27(25)33-18-21-7-3-10-24(30)15-21/h1-15H,16-18H2. The van der Waals surface area contributed by atoms with E-state index in [2.05, 4.69) is 0 Å². The quantitative estimate of drug-likeness (QED) is 0.231. The molecule has 0 heterocycles. The van der Waals surface area contributed by atoms with Crippen LogP contribution in [0.15, 0.2) is 91.0 Å². The van der Waals surface area contributed by atoms with Crippen molar-refractivity contribution < 1.29 is 14.2 Å². The Morgan fingerprint density at radius 1 is 0.455 bits per heavy atom. The highest BCUT2D eigenvalue weighted by Gasteiger charge is 2.14. The lowest BCUT2D eigenvalue weighted by Crippen LogP contribution is -2.04. The molecule has 0 aliphatic rings. The van der Waals surface area contributed by atoms with E-state index in [1.54, 1.807) is 0 Å². The van der Waals surface area contributed by atoms with Gasteiger partial charge in [0, 0.05) is 15.1 Å². The molecule has 0 aromatic heterocycles. The second kappa shape index (κ2) is 11.3. The number of para-hydroxylation sites is 1. The van der Waals surface area contributed by atoms with Crippen molar-refractivity contribution in [3.63, 3.8) is 0 Å². The van der Waals surface area contributed by atoms with Crippen molar-refractivity contribution >= 4 is 34.8 Å². The lowest BCUT2D eigenvalue weighted by atomic mass is 10.2. The third-order valence-corrected chi connectivity index (χ3v) is 5.49. The molecule has 0 saturated heterocycles. The molecular formula is C27H21Cl3O3. The minimum atomic E-state index is 0.311. The summed E-state index contributed by atoms with van der Waals surface area (Å²) in [6, 6.07) is 28.2. The molecule has 0 radical (unpaired) electrons. The third-order valence-electron chi connectivity index (χ3n) is 4.78. The fourth-order valence-electron chi connectivity index (χ4n) is 3.22. The molecule has 6 heteroatoms. The van der Waals surface area contributed by atoms with Crippen molar-refractivity contribution in [1.29, 1.82) is 0 Å². The Kier molecular flexibility index (Phi) is 8.01. The summed E-state index contributed by atoms with van der Waals surface area (Å²) in [6.45, 7) is 0.989. The van der Waals surface area contributed by atoms with Gasteiger partial charge in [-0.05, 0) is 65.2 Å². The van der Waals surface area contributed by atoms with Crippen LogP contribution < -0.4 is 14.2 Å². The van der Waals surface area contributed by atoms with Gasteiger partial charge in [0.1, 0.15) is 19.8 Å². The van der Waals surface area contributed by atoms with Gasteiger partial charge in [0.05, 0.1) is 0 Å². The lowest BCUT2D eigenvalue weighted by molar-refractivity contribution is 0.230. The predicted octanol–water partition coefficient (Wildman–Crippen LogP) is 8.38. The van der Waals surface area contributed by atoms with E-state index < -0.39 is 0 Å². The lowest BCUT2D eigenvalue weighted by Gasteiger charge is -2.17. The molecule has 0 spiro atoms. The zero-order chi connectivity index (χ0) is 23.0. The van der Waals surface area contributed by atoms with Crippen molar-refractivity contribution in [1.82, 2.24) is 0 Å². The monoisotopic (exact) mass is 498 g/mol. The normalized spacial score (nSPS) is 10.6. The fraction of sp³-hybridized carbons (Fsp3) is 0.111. The van der Waals surface area contributed by atoms with Gasteiger partial charge < -0.3 is 14.2 Å². The molecule has 0 N–H and O–H groups in total. The molecule has 4 aromatic rings. The number of rotatable bonds is 9. The van der Waals surface area contributed by atoms with Crippen molar-refractivity contribution in [2.24, 2.45) is 0 Å². The minimum Gasteiger partial charge on any atom is -0.485 e. The van der Waals surface area contributed by atoms with Crippen LogP contribution in [0.25, 0.3) is 0 Å². The molecule has 0 fully saturated rings. The molecule has 0 unspecified atom stereocenters. The number of hydrogen-bond donors (Lipinski definition) is 0. The van der Waals surface area contributed by atoms with Gasteiger partial charge in [-0.3, -0.25) is 0 Å². The van der Waals surface area contributed by atoms with Crippen LogP contribution in [0.3, 0.4) is 0 Å². The molecule has 0 aliphatic carbocycles. The second-order valence-electron chi connectivity index (χ2n) is 7.34. The van der Waals surface area contributed by atoms with E-state index in [9.17, 15) is 0 Å². The first kappa shape index (κ1) is 23.3. The van der Waals surface area contributed by atoms with Gasteiger partial charge in [-0.2, -0.15) is 0 Å². The Labute approximate surface area is 208 Å². The van der Waals surface area contributed by atoms with Gasteiger partial charge in [-0.25, -0.2) is 0 Å². The average molecular weight is 500 g/mol. The number of halogens is 3. The van der Waals surface area contributed by atoms with Crippen LogP contribution in [0.2, 0.25) is 15.1 Å². The highest BCUT2D eigenvalue weighted by molar-refractivity contribution is 6.31. The molecule has 0 saturated carbocycles. The predicted molar refractivity (Wildman–Crippen MR) is 134 cm³/mol. The zero-order valence-corrected chi connectivity index (χ0v) is 19.9. The maximum Gasteiger partial charge on any atom is 0.203 e. The first-order valence-corrected chi connectivity index (χ1v) is 11.4. The summed E-state index contributed by atoms with van der Waals surface area (Å²) < 4.78 is 18.4. The molecule has 4 aromatic carbocycles. The highest BCUT2D eigenvalue weighted by Crippen LogP contribution is 2.39. The van der Waals surface area contributed by atoms with Crippen LogP contribution in [0.1, 0.15) is 16.7 Å². The van der Waals surface area contributed by atoms with Gasteiger partial charge in [-0.1, -0.05) is 77.3 Å². The van der Waals surface area contributed by atoms with E-state index in [4.69, 9.17) is 49.0 Å². The van der Waals surface area contributed by atoms with Crippen LogP contribution in [-0.2, 0) is 19.8 Å². The van der Waals surface area contributed by atoms with Crippen LogP contribution in [0.4, 0.5) is 0 Å². The summed E-state index contributed by atoms with van der Waals surface area (Å²) in [7, 11) is 0. The van der Waals surface area contributed by atoms with Gasteiger partial charge in [0.2, 0.25) is 5.75 Å².